The monoisotopic (exact) mass is 459 g/mol. The summed E-state index contributed by atoms with van der Waals surface area (Å²) < 4.78 is 12.7. The molecule has 0 saturated heterocycles. The van der Waals surface area contributed by atoms with Gasteiger partial charge in [0.2, 0.25) is 0 Å². The van der Waals surface area contributed by atoms with E-state index in [-0.39, 0.29) is 0 Å². The second-order valence-corrected chi connectivity index (χ2v) is 9.28. The number of benzene rings is 6. The summed E-state index contributed by atoms with van der Waals surface area (Å²) in [4.78, 5) is 0. The van der Waals surface area contributed by atoms with E-state index in [1.54, 1.807) is 6.07 Å². The second-order valence-electron chi connectivity index (χ2n) is 9.28. The Labute approximate surface area is 205 Å². The van der Waals surface area contributed by atoms with Gasteiger partial charge in [-0.15, -0.1) is 0 Å². The lowest BCUT2D eigenvalue weighted by Crippen LogP contribution is -1.82. The first-order valence-corrected chi connectivity index (χ1v) is 11.9. The molecule has 36 heavy (non-hydrogen) atoms. The van der Waals surface area contributed by atoms with Crippen LogP contribution in [0.1, 0.15) is 5.56 Å². The van der Waals surface area contributed by atoms with Crippen LogP contribution in [0.5, 0.6) is 0 Å². The Bertz CT molecular complexity index is 2220. The fraction of sp³-hybridized carbons (Fsp3) is 0. The molecule has 6 aromatic carbocycles. The minimum Gasteiger partial charge on any atom is -0.456 e. The summed E-state index contributed by atoms with van der Waals surface area (Å²) >= 11 is 0. The molecule has 3 heteroatoms. The molecule has 0 fully saturated rings. The van der Waals surface area contributed by atoms with Crippen molar-refractivity contribution in [1.82, 2.24) is 0 Å². The maximum atomic E-state index is 9.40. The van der Waals surface area contributed by atoms with Crippen molar-refractivity contribution in [3.8, 4) is 17.2 Å². The van der Waals surface area contributed by atoms with Crippen LogP contribution >= 0.6 is 0 Å². The highest BCUT2D eigenvalue weighted by Crippen LogP contribution is 2.43. The van der Waals surface area contributed by atoms with E-state index in [0.29, 0.717) is 5.56 Å². The van der Waals surface area contributed by atoms with Crippen molar-refractivity contribution in [2.75, 3.05) is 0 Å². The normalized spacial score (nSPS) is 11.9. The van der Waals surface area contributed by atoms with E-state index >= 15 is 0 Å². The van der Waals surface area contributed by atoms with E-state index in [1.807, 2.05) is 18.2 Å². The van der Waals surface area contributed by atoms with Crippen LogP contribution in [0.25, 0.3) is 76.5 Å². The lowest BCUT2D eigenvalue weighted by Gasteiger charge is -2.07. The van der Waals surface area contributed by atoms with Crippen molar-refractivity contribution >= 4 is 65.4 Å². The summed E-state index contributed by atoms with van der Waals surface area (Å²) in [6.07, 6.45) is 0. The van der Waals surface area contributed by atoms with Gasteiger partial charge in [0, 0.05) is 27.1 Å². The van der Waals surface area contributed by atoms with Crippen LogP contribution < -0.4 is 0 Å². The van der Waals surface area contributed by atoms with E-state index in [2.05, 4.69) is 84.9 Å². The van der Waals surface area contributed by atoms with E-state index in [1.165, 1.54) is 16.2 Å². The molecule has 8 aromatic rings. The Kier molecular flexibility index (Phi) is 3.73. The first-order valence-electron chi connectivity index (χ1n) is 11.9. The quantitative estimate of drug-likeness (QED) is 0.246. The van der Waals surface area contributed by atoms with Gasteiger partial charge in [0.1, 0.15) is 22.3 Å². The van der Waals surface area contributed by atoms with Crippen molar-refractivity contribution in [2.45, 2.75) is 0 Å². The molecule has 0 radical (unpaired) electrons. The van der Waals surface area contributed by atoms with Crippen LogP contribution in [0.4, 0.5) is 0 Å². The van der Waals surface area contributed by atoms with Crippen LogP contribution in [0.2, 0.25) is 0 Å². The molecule has 2 heterocycles. The fourth-order valence-corrected chi connectivity index (χ4v) is 5.54. The van der Waals surface area contributed by atoms with E-state index < -0.39 is 0 Å². The maximum absolute atomic E-state index is 9.40. The molecule has 166 valence electrons. The molecule has 0 spiro atoms. The molecule has 0 unspecified atom stereocenters. The molecule has 0 N–H and O–H groups in total. The number of fused-ring (bicyclic) bond motifs is 9. The third-order valence-corrected chi connectivity index (χ3v) is 7.24. The molecule has 8 rings (SSSR count). The van der Waals surface area contributed by atoms with Gasteiger partial charge in [-0.2, -0.15) is 5.26 Å². The maximum Gasteiger partial charge on any atom is 0.143 e. The highest BCUT2D eigenvalue weighted by atomic mass is 16.3. The lowest BCUT2D eigenvalue weighted by atomic mass is 9.95. The predicted molar refractivity (Wildman–Crippen MR) is 146 cm³/mol. The summed E-state index contributed by atoms with van der Waals surface area (Å²) in [5.74, 6) is 0. The zero-order valence-electron chi connectivity index (χ0n) is 19.1. The molecule has 2 aromatic heterocycles. The van der Waals surface area contributed by atoms with Gasteiger partial charge in [0.15, 0.2) is 0 Å². The van der Waals surface area contributed by atoms with E-state index in [9.17, 15) is 5.26 Å². The molecule has 0 amide bonds. The molecule has 0 aliphatic rings. The van der Waals surface area contributed by atoms with Gasteiger partial charge in [-0.25, -0.2) is 0 Å². The molecule has 0 bridgehead atoms. The van der Waals surface area contributed by atoms with Crippen LogP contribution in [-0.4, -0.2) is 0 Å². The summed E-state index contributed by atoms with van der Waals surface area (Å²) in [5, 5.41) is 18.3. The van der Waals surface area contributed by atoms with Crippen LogP contribution in [-0.2, 0) is 0 Å². The Hall–Kier alpha value is -5.07. The van der Waals surface area contributed by atoms with Gasteiger partial charge in [-0.05, 0) is 75.6 Å². The Morgan fingerprint density at radius 1 is 0.528 bits per heavy atom. The highest BCUT2D eigenvalue weighted by molar-refractivity contribution is 6.24. The van der Waals surface area contributed by atoms with Gasteiger partial charge in [-0.3, -0.25) is 0 Å². The third kappa shape index (κ3) is 2.61. The van der Waals surface area contributed by atoms with E-state index in [4.69, 9.17) is 8.83 Å². The second kappa shape index (κ2) is 6.97. The molecule has 0 aliphatic carbocycles. The van der Waals surface area contributed by atoms with Crippen LogP contribution in [0.3, 0.4) is 0 Å². The number of nitrogens with zero attached hydrogens (tertiary/aromatic N) is 1. The van der Waals surface area contributed by atoms with Crippen LogP contribution in [0, 0.1) is 11.3 Å². The summed E-state index contributed by atoms with van der Waals surface area (Å²) in [5.41, 5.74) is 6.05. The highest BCUT2D eigenvalue weighted by Gasteiger charge is 2.18. The molecular formula is C33H17NO2. The molecule has 0 aliphatic heterocycles. The van der Waals surface area contributed by atoms with E-state index in [0.717, 1.165) is 60.4 Å². The Morgan fingerprint density at radius 2 is 1.25 bits per heavy atom. The van der Waals surface area contributed by atoms with Gasteiger partial charge in [0.05, 0.1) is 11.6 Å². The smallest absolute Gasteiger partial charge is 0.143 e. The molecular weight excluding hydrogens is 442 g/mol. The van der Waals surface area contributed by atoms with Crippen LogP contribution in [0.15, 0.2) is 112 Å². The number of rotatable bonds is 1. The summed E-state index contributed by atoms with van der Waals surface area (Å²) in [6, 6.07) is 37.5. The average molecular weight is 460 g/mol. The standard InChI is InChI=1S/C33H17NO2/c34-18-19-9-11-29-26(13-19)27-16-23(10-12-30(27)35-29)25-15-22-7-3-4-8-24(22)32-28-14-20-5-1-2-6-21(20)17-31(28)36-33(25)32/h1-17H. The van der Waals surface area contributed by atoms with Crippen molar-refractivity contribution in [3.63, 3.8) is 0 Å². The van der Waals surface area contributed by atoms with Crippen molar-refractivity contribution in [2.24, 2.45) is 0 Å². The third-order valence-electron chi connectivity index (χ3n) is 7.24. The predicted octanol–water partition coefficient (Wildman–Crippen LogP) is 9.33. The topological polar surface area (TPSA) is 50.1 Å². The van der Waals surface area contributed by atoms with Crippen molar-refractivity contribution in [1.29, 1.82) is 5.26 Å². The Balaban J connectivity index is 1.50. The number of furan rings is 2. The van der Waals surface area contributed by atoms with Crippen molar-refractivity contribution in [3.05, 3.63) is 109 Å². The van der Waals surface area contributed by atoms with Gasteiger partial charge in [-0.1, -0.05) is 54.6 Å². The molecule has 0 atom stereocenters. The lowest BCUT2D eigenvalue weighted by molar-refractivity contribution is 0.668. The number of hydrogen-bond donors (Lipinski definition) is 0. The molecule has 0 saturated carbocycles. The zero-order chi connectivity index (χ0) is 23.8. The van der Waals surface area contributed by atoms with Gasteiger partial charge in [0.25, 0.3) is 0 Å². The largest absolute Gasteiger partial charge is 0.456 e. The molecule has 3 nitrogen and oxygen atoms in total. The van der Waals surface area contributed by atoms with Crippen molar-refractivity contribution < 1.29 is 8.83 Å². The summed E-state index contributed by atoms with van der Waals surface area (Å²) in [7, 11) is 0. The zero-order valence-corrected chi connectivity index (χ0v) is 19.1. The first kappa shape index (κ1) is 19.3. The van der Waals surface area contributed by atoms with Gasteiger partial charge >= 0.3 is 0 Å². The SMILES string of the molecule is N#Cc1ccc2oc3ccc(-c4cc5ccccc5c5c4oc4cc6ccccc6cc45)cc3c2c1. The minimum absolute atomic E-state index is 0.619. The average Bonchev–Trinajstić information content (AvgIpc) is 3.48. The number of hydrogen-bond acceptors (Lipinski definition) is 3. The number of nitriles is 1. The first-order chi connectivity index (χ1) is 17.8. The van der Waals surface area contributed by atoms with Gasteiger partial charge < -0.3 is 8.83 Å². The minimum atomic E-state index is 0.619. The summed E-state index contributed by atoms with van der Waals surface area (Å²) in [6.45, 7) is 0. The fourth-order valence-electron chi connectivity index (χ4n) is 5.54. The Morgan fingerprint density at radius 3 is 2.08 bits per heavy atom.